The lowest BCUT2D eigenvalue weighted by Crippen LogP contribution is -2.54. The lowest BCUT2D eigenvalue weighted by atomic mass is 10.1. The minimum absolute atomic E-state index is 0.231. The fourth-order valence-electron chi connectivity index (χ4n) is 2.47. The Hall–Kier alpha value is -1.42. The molecular weight excluding hydrogens is 288 g/mol. The number of nitrogens with zero attached hydrogens (tertiary/aromatic N) is 2. The minimum Gasteiger partial charge on any atom is -0.444 e. The molecule has 1 aliphatic heterocycles. The first kappa shape index (κ1) is 16.0. The number of amides is 1. The van der Waals surface area contributed by atoms with Gasteiger partial charge in [-0.3, -0.25) is 0 Å². The number of carbonyl (C=O) groups excluding carboxylic acids is 1. The first-order valence-electron chi connectivity index (χ1n) is 7.26. The summed E-state index contributed by atoms with van der Waals surface area (Å²) in [6, 6.07) is 8.06. The molecule has 116 valence electrons. The van der Waals surface area contributed by atoms with E-state index in [-0.39, 0.29) is 12.1 Å². The van der Waals surface area contributed by atoms with Gasteiger partial charge >= 0.3 is 6.09 Å². The maximum Gasteiger partial charge on any atom is 0.410 e. The standard InChI is InChI=1S/C16H23ClN2O2/c1-12-11-18(15(20)21-16(2,3)4)9-10-19(12)14-7-5-13(17)6-8-14/h5-8,12H,9-11H2,1-4H3. The van der Waals surface area contributed by atoms with Crippen LogP contribution in [0.5, 0.6) is 0 Å². The number of carbonyl (C=O) groups is 1. The van der Waals surface area contributed by atoms with E-state index in [2.05, 4.69) is 11.8 Å². The van der Waals surface area contributed by atoms with Crippen LogP contribution < -0.4 is 4.90 Å². The number of anilines is 1. The molecule has 0 aromatic heterocycles. The van der Waals surface area contributed by atoms with Gasteiger partial charge in [-0.1, -0.05) is 11.6 Å². The van der Waals surface area contributed by atoms with Crippen LogP contribution in [0.2, 0.25) is 5.02 Å². The van der Waals surface area contributed by atoms with Gasteiger partial charge in [0.2, 0.25) is 0 Å². The predicted molar refractivity (Wildman–Crippen MR) is 86.1 cm³/mol. The molecule has 1 heterocycles. The summed E-state index contributed by atoms with van der Waals surface area (Å²) in [6.45, 7) is 9.90. The van der Waals surface area contributed by atoms with Crippen LogP contribution >= 0.6 is 11.6 Å². The molecule has 4 nitrogen and oxygen atoms in total. The van der Waals surface area contributed by atoms with Crippen molar-refractivity contribution in [3.05, 3.63) is 29.3 Å². The molecule has 1 fully saturated rings. The SMILES string of the molecule is CC1CN(C(=O)OC(C)(C)C)CCN1c1ccc(Cl)cc1. The second-order valence-electron chi connectivity index (χ2n) is 6.45. The molecule has 1 aromatic carbocycles. The molecule has 1 atom stereocenters. The Balaban J connectivity index is 1.99. The van der Waals surface area contributed by atoms with E-state index in [1.807, 2.05) is 45.0 Å². The normalized spacial score (nSPS) is 19.6. The van der Waals surface area contributed by atoms with E-state index < -0.39 is 5.60 Å². The Labute approximate surface area is 131 Å². The lowest BCUT2D eigenvalue weighted by molar-refractivity contribution is 0.0219. The van der Waals surface area contributed by atoms with Crippen molar-refractivity contribution in [2.45, 2.75) is 39.3 Å². The molecule has 0 aliphatic carbocycles. The van der Waals surface area contributed by atoms with E-state index in [0.29, 0.717) is 13.1 Å². The molecule has 0 bridgehead atoms. The Morgan fingerprint density at radius 3 is 2.38 bits per heavy atom. The van der Waals surface area contributed by atoms with Crippen molar-refractivity contribution in [2.75, 3.05) is 24.5 Å². The summed E-state index contributed by atoms with van der Waals surface area (Å²) < 4.78 is 5.43. The van der Waals surface area contributed by atoms with Gasteiger partial charge in [-0.05, 0) is 52.0 Å². The second-order valence-corrected chi connectivity index (χ2v) is 6.88. The van der Waals surface area contributed by atoms with Crippen LogP contribution in [0.3, 0.4) is 0 Å². The summed E-state index contributed by atoms with van der Waals surface area (Å²) in [5.41, 5.74) is 0.684. The van der Waals surface area contributed by atoms with Gasteiger partial charge in [0, 0.05) is 36.4 Å². The van der Waals surface area contributed by atoms with E-state index in [1.165, 1.54) is 0 Å². The van der Waals surface area contributed by atoms with Crippen LogP contribution in [0.25, 0.3) is 0 Å². The van der Waals surface area contributed by atoms with E-state index in [1.54, 1.807) is 4.90 Å². The van der Waals surface area contributed by atoms with Gasteiger partial charge in [0.05, 0.1) is 0 Å². The van der Waals surface area contributed by atoms with Crippen LogP contribution in [-0.2, 0) is 4.74 Å². The molecule has 1 aromatic rings. The van der Waals surface area contributed by atoms with Gasteiger partial charge in [-0.15, -0.1) is 0 Å². The zero-order valence-corrected chi connectivity index (χ0v) is 13.9. The zero-order valence-electron chi connectivity index (χ0n) is 13.1. The summed E-state index contributed by atoms with van der Waals surface area (Å²) >= 11 is 5.93. The second kappa shape index (κ2) is 6.14. The Bertz CT molecular complexity index is 496. The van der Waals surface area contributed by atoms with Crippen LogP contribution in [-0.4, -0.2) is 42.3 Å². The molecule has 0 spiro atoms. The molecule has 5 heteroatoms. The average Bonchev–Trinajstić information content (AvgIpc) is 2.38. The Kier molecular flexibility index (Phi) is 4.67. The third kappa shape index (κ3) is 4.27. The summed E-state index contributed by atoms with van der Waals surface area (Å²) in [4.78, 5) is 16.2. The molecule has 2 rings (SSSR count). The number of hydrogen-bond donors (Lipinski definition) is 0. The van der Waals surface area contributed by atoms with E-state index in [9.17, 15) is 4.79 Å². The molecule has 1 saturated heterocycles. The van der Waals surface area contributed by atoms with Gasteiger partial charge < -0.3 is 14.5 Å². The first-order valence-corrected chi connectivity index (χ1v) is 7.64. The zero-order chi connectivity index (χ0) is 15.6. The number of halogens is 1. The monoisotopic (exact) mass is 310 g/mol. The fraction of sp³-hybridized carbons (Fsp3) is 0.562. The summed E-state index contributed by atoms with van der Waals surface area (Å²) in [5, 5.41) is 0.735. The third-order valence-electron chi connectivity index (χ3n) is 3.44. The van der Waals surface area contributed by atoms with Crippen molar-refractivity contribution >= 4 is 23.4 Å². The van der Waals surface area contributed by atoms with Gasteiger partial charge in [-0.2, -0.15) is 0 Å². The molecule has 0 saturated carbocycles. The van der Waals surface area contributed by atoms with Crippen LogP contribution in [0, 0.1) is 0 Å². The van der Waals surface area contributed by atoms with Crippen molar-refractivity contribution in [1.82, 2.24) is 4.90 Å². The topological polar surface area (TPSA) is 32.8 Å². The molecule has 0 N–H and O–H groups in total. The van der Waals surface area contributed by atoms with Crippen molar-refractivity contribution < 1.29 is 9.53 Å². The highest BCUT2D eigenvalue weighted by molar-refractivity contribution is 6.30. The van der Waals surface area contributed by atoms with Gasteiger partial charge in [0.15, 0.2) is 0 Å². The largest absolute Gasteiger partial charge is 0.444 e. The highest BCUT2D eigenvalue weighted by atomic mass is 35.5. The quantitative estimate of drug-likeness (QED) is 0.791. The average molecular weight is 311 g/mol. The lowest BCUT2D eigenvalue weighted by Gasteiger charge is -2.41. The number of ether oxygens (including phenoxy) is 1. The summed E-state index contributed by atoms with van der Waals surface area (Å²) in [5.74, 6) is 0. The maximum atomic E-state index is 12.1. The maximum absolute atomic E-state index is 12.1. The number of hydrogen-bond acceptors (Lipinski definition) is 3. The van der Waals surface area contributed by atoms with Crippen molar-refractivity contribution in [3.63, 3.8) is 0 Å². The predicted octanol–water partition coefficient (Wildman–Crippen LogP) is 3.79. The molecule has 1 aliphatic rings. The van der Waals surface area contributed by atoms with Crippen LogP contribution in [0.4, 0.5) is 10.5 Å². The number of benzene rings is 1. The molecule has 1 unspecified atom stereocenters. The smallest absolute Gasteiger partial charge is 0.410 e. The van der Waals surface area contributed by atoms with Gasteiger partial charge in [0.1, 0.15) is 5.60 Å². The molecule has 0 radical (unpaired) electrons. The van der Waals surface area contributed by atoms with Crippen LogP contribution in [0.15, 0.2) is 24.3 Å². The Morgan fingerprint density at radius 1 is 1.24 bits per heavy atom. The molecule has 1 amide bonds. The number of rotatable bonds is 1. The fourth-order valence-corrected chi connectivity index (χ4v) is 2.59. The van der Waals surface area contributed by atoms with Crippen molar-refractivity contribution in [2.24, 2.45) is 0 Å². The van der Waals surface area contributed by atoms with Crippen LogP contribution in [0.1, 0.15) is 27.7 Å². The molecular formula is C16H23ClN2O2. The summed E-state index contributed by atoms with van der Waals surface area (Å²) in [7, 11) is 0. The first-order chi connectivity index (χ1) is 9.76. The highest BCUT2D eigenvalue weighted by Crippen LogP contribution is 2.23. The van der Waals surface area contributed by atoms with Gasteiger partial charge in [0.25, 0.3) is 0 Å². The van der Waals surface area contributed by atoms with E-state index >= 15 is 0 Å². The third-order valence-corrected chi connectivity index (χ3v) is 3.69. The minimum atomic E-state index is -0.451. The van der Waals surface area contributed by atoms with Crippen molar-refractivity contribution in [3.8, 4) is 0 Å². The highest BCUT2D eigenvalue weighted by Gasteiger charge is 2.29. The molecule has 21 heavy (non-hydrogen) atoms. The Morgan fingerprint density at radius 2 is 1.86 bits per heavy atom. The van der Waals surface area contributed by atoms with E-state index in [0.717, 1.165) is 17.3 Å². The van der Waals surface area contributed by atoms with Gasteiger partial charge in [-0.25, -0.2) is 4.79 Å². The van der Waals surface area contributed by atoms with Crippen molar-refractivity contribution in [1.29, 1.82) is 0 Å². The summed E-state index contributed by atoms with van der Waals surface area (Å²) in [6.07, 6.45) is -0.231. The number of piperazine rings is 1. The van der Waals surface area contributed by atoms with E-state index in [4.69, 9.17) is 16.3 Å².